The lowest BCUT2D eigenvalue weighted by Crippen LogP contribution is -2.19. The maximum Gasteiger partial charge on any atom is 0.416 e. The van der Waals surface area contributed by atoms with Crippen LogP contribution in [0.3, 0.4) is 0 Å². The molecule has 1 aliphatic heterocycles. The summed E-state index contributed by atoms with van der Waals surface area (Å²) in [6.45, 7) is 0. The molecule has 0 N–H and O–H groups in total. The Morgan fingerprint density at radius 1 is 1.00 bits per heavy atom. The van der Waals surface area contributed by atoms with Crippen molar-refractivity contribution in [3.63, 3.8) is 0 Å². The highest BCUT2D eigenvalue weighted by molar-refractivity contribution is 5.80. The second-order valence-corrected chi connectivity index (χ2v) is 8.90. The summed E-state index contributed by atoms with van der Waals surface area (Å²) in [5.41, 5.74) is 0.345. The smallest absolute Gasteiger partial charge is 0.416 e. The van der Waals surface area contributed by atoms with Gasteiger partial charge in [0.2, 0.25) is 0 Å². The van der Waals surface area contributed by atoms with Gasteiger partial charge in [0.1, 0.15) is 11.4 Å². The molecule has 6 rings (SSSR count). The Kier molecular flexibility index (Phi) is 6.84. The number of nitrogens with zero attached hydrogens (tertiary/aromatic N) is 2. The van der Waals surface area contributed by atoms with Gasteiger partial charge < -0.3 is 9.47 Å². The molecular formula is C29H25F3N2O3. The zero-order valence-corrected chi connectivity index (χ0v) is 20.1. The van der Waals surface area contributed by atoms with Crippen molar-refractivity contribution in [2.24, 2.45) is 0 Å². The van der Waals surface area contributed by atoms with Crippen LogP contribution in [0.15, 0.2) is 77.7 Å². The lowest BCUT2D eigenvalue weighted by Gasteiger charge is -2.12. The molecule has 0 amide bonds. The Morgan fingerprint density at radius 2 is 1.76 bits per heavy atom. The number of benzene rings is 2. The van der Waals surface area contributed by atoms with Crippen LogP contribution in [0.1, 0.15) is 36.1 Å². The van der Waals surface area contributed by atoms with E-state index >= 15 is 0 Å². The summed E-state index contributed by atoms with van der Waals surface area (Å²) in [5.74, 6) is 0.622. The fourth-order valence-corrected chi connectivity index (χ4v) is 4.53. The third-order valence-corrected chi connectivity index (χ3v) is 6.47. The summed E-state index contributed by atoms with van der Waals surface area (Å²) in [5, 5.41) is 0. The van der Waals surface area contributed by atoms with E-state index in [1.165, 1.54) is 42.0 Å². The number of pyridine rings is 1. The van der Waals surface area contributed by atoms with Crippen molar-refractivity contribution in [2.75, 3.05) is 7.11 Å². The molecule has 4 aromatic rings. The summed E-state index contributed by atoms with van der Waals surface area (Å²) in [7, 11) is 1.54. The van der Waals surface area contributed by atoms with Crippen molar-refractivity contribution in [2.45, 2.75) is 37.6 Å². The van der Waals surface area contributed by atoms with Crippen molar-refractivity contribution < 1.29 is 22.6 Å². The van der Waals surface area contributed by atoms with Gasteiger partial charge in [-0.2, -0.15) is 13.2 Å². The Bertz CT molecular complexity index is 1500. The van der Waals surface area contributed by atoms with E-state index < -0.39 is 17.3 Å². The molecule has 0 spiro atoms. The van der Waals surface area contributed by atoms with Gasteiger partial charge in [-0.15, -0.1) is 0 Å². The van der Waals surface area contributed by atoms with Crippen molar-refractivity contribution in [1.29, 1.82) is 0 Å². The maximum absolute atomic E-state index is 13.3. The predicted molar refractivity (Wildman–Crippen MR) is 136 cm³/mol. The molecule has 5 nitrogen and oxygen atoms in total. The van der Waals surface area contributed by atoms with Gasteiger partial charge in [-0.25, -0.2) is 4.98 Å². The van der Waals surface area contributed by atoms with Gasteiger partial charge in [0.25, 0.3) is 5.56 Å². The standard InChI is InChI=1S/C24H17F3N2O2.C5H8O/c1-31-20-10-3-2-7-16(20)12-13-19-22(17-8-6-9-18(15-17)24(25,26)27)23(30)29-14-5-4-11-21(29)28-19;1-2-4-5(3-1)6-4/h2-15H,1H3;4-5H,1-3H2. The monoisotopic (exact) mass is 506 g/mol. The van der Waals surface area contributed by atoms with Crippen LogP contribution in [0.25, 0.3) is 28.9 Å². The second kappa shape index (κ2) is 10.2. The molecule has 2 aromatic carbocycles. The van der Waals surface area contributed by atoms with Crippen LogP contribution in [-0.2, 0) is 10.9 Å². The molecule has 37 heavy (non-hydrogen) atoms. The highest BCUT2D eigenvalue weighted by Gasteiger charge is 2.42. The number of rotatable bonds is 4. The minimum atomic E-state index is -4.52. The molecule has 190 valence electrons. The minimum absolute atomic E-state index is 0.0842. The summed E-state index contributed by atoms with van der Waals surface area (Å²) in [6, 6.07) is 17.0. The number of fused-ring (bicyclic) bond motifs is 2. The average Bonchev–Trinajstić information content (AvgIpc) is 3.51. The number of epoxide rings is 1. The summed E-state index contributed by atoms with van der Waals surface area (Å²) >= 11 is 0. The van der Waals surface area contributed by atoms with Gasteiger partial charge in [0.15, 0.2) is 0 Å². The van der Waals surface area contributed by atoms with Crippen LogP contribution in [0.5, 0.6) is 5.75 Å². The van der Waals surface area contributed by atoms with E-state index in [1.807, 2.05) is 18.2 Å². The molecule has 2 aromatic heterocycles. The Hall–Kier alpha value is -3.91. The number of hydrogen-bond acceptors (Lipinski definition) is 4. The van der Waals surface area contributed by atoms with Crippen LogP contribution >= 0.6 is 0 Å². The van der Waals surface area contributed by atoms with Gasteiger partial charge in [0, 0.05) is 11.8 Å². The first-order valence-corrected chi connectivity index (χ1v) is 12.0. The number of aromatic nitrogens is 2. The molecule has 0 radical (unpaired) electrons. The number of para-hydroxylation sites is 1. The van der Waals surface area contributed by atoms with E-state index in [9.17, 15) is 18.0 Å². The number of alkyl halides is 3. The summed E-state index contributed by atoms with van der Waals surface area (Å²) in [6.07, 6.45) is 5.86. The number of halogens is 3. The van der Waals surface area contributed by atoms with Crippen molar-refractivity contribution >= 4 is 17.8 Å². The predicted octanol–water partition coefficient (Wildman–Crippen LogP) is 6.50. The van der Waals surface area contributed by atoms with E-state index in [1.54, 1.807) is 43.5 Å². The molecule has 1 aliphatic carbocycles. The van der Waals surface area contributed by atoms with Gasteiger partial charge in [0.05, 0.1) is 36.1 Å². The molecular weight excluding hydrogens is 481 g/mol. The zero-order valence-electron chi connectivity index (χ0n) is 20.1. The fraction of sp³-hybridized carbons (Fsp3) is 0.241. The van der Waals surface area contributed by atoms with Gasteiger partial charge in [-0.3, -0.25) is 9.20 Å². The molecule has 8 heteroatoms. The lowest BCUT2D eigenvalue weighted by molar-refractivity contribution is -0.137. The molecule has 2 aliphatic rings. The summed E-state index contributed by atoms with van der Waals surface area (Å²) in [4.78, 5) is 17.8. The number of ether oxygens (including phenoxy) is 2. The highest BCUT2D eigenvalue weighted by Crippen LogP contribution is 2.37. The van der Waals surface area contributed by atoms with Crippen LogP contribution in [0, 0.1) is 0 Å². The summed E-state index contributed by atoms with van der Waals surface area (Å²) < 4.78 is 51.6. The van der Waals surface area contributed by atoms with E-state index in [0.29, 0.717) is 23.6 Å². The quantitative estimate of drug-likeness (QED) is 0.297. The van der Waals surface area contributed by atoms with Crippen LogP contribution in [0.4, 0.5) is 13.2 Å². The zero-order chi connectivity index (χ0) is 26.0. The minimum Gasteiger partial charge on any atom is -0.496 e. The fourth-order valence-electron chi connectivity index (χ4n) is 4.53. The first-order chi connectivity index (χ1) is 17.8. The topological polar surface area (TPSA) is 56.1 Å². The molecule has 2 atom stereocenters. The van der Waals surface area contributed by atoms with Gasteiger partial charge in [-0.1, -0.05) is 36.4 Å². The SMILES string of the molecule is C1CC2OC2C1.COc1ccccc1C=Cc1nc2ccccn2c(=O)c1-c1cccc(C(F)(F)F)c1. The number of methoxy groups -OCH3 is 1. The highest BCUT2D eigenvalue weighted by atomic mass is 19.4. The van der Waals surface area contributed by atoms with Crippen LogP contribution < -0.4 is 10.3 Å². The Balaban J connectivity index is 0.000000403. The second-order valence-electron chi connectivity index (χ2n) is 8.90. The van der Waals surface area contributed by atoms with E-state index in [4.69, 9.17) is 9.47 Å². The third-order valence-electron chi connectivity index (χ3n) is 6.47. The molecule has 3 heterocycles. The Labute approximate surface area is 211 Å². The molecule has 2 unspecified atom stereocenters. The van der Waals surface area contributed by atoms with Crippen molar-refractivity contribution in [1.82, 2.24) is 9.38 Å². The van der Waals surface area contributed by atoms with Gasteiger partial charge >= 0.3 is 6.18 Å². The third kappa shape index (κ3) is 5.44. The van der Waals surface area contributed by atoms with Crippen LogP contribution in [0.2, 0.25) is 0 Å². The molecule has 2 fully saturated rings. The average molecular weight is 507 g/mol. The van der Waals surface area contributed by atoms with Crippen LogP contribution in [-0.4, -0.2) is 28.7 Å². The van der Waals surface area contributed by atoms with Gasteiger partial charge in [-0.05, 0) is 67.3 Å². The lowest BCUT2D eigenvalue weighted by atomic mass is 10.0. The largest absolute Gasteiger partial charge is 0.496 e. The molecule has 1 saturated heterocycles. The maximum atomic E-state index is 13.3. The Morgan fingerprint density at radius 3 is 2.43 bits per heavy atom. The van der Waals surface area contributed by atoms with E-state index in [2.05, 4.69) is 4.98 Å². The molecule has 0 bridgehead atoms. The van der Waals surface area contributed by atoms with Crippen molar-refractivity contribution in [3.8, 4) is 16.9 Å². The normalized spacial score (nSPS) is 18.4. The van der Waals surface area contributed by atoms with E-state index in [0.717, 1.165) is 17.7 Å². The first kappa shape index (κ1) is 24.8. The first-order valence-electron chi connectivity index (χ1n) is 12.0. The number of hydrogen-bond donors (Lipinski definition) is 0. The van der Waals surface area contributed by atoms with Crippen molar-refractivity contribution in [3.05, 3.63) is 100 Å². The van der Waals surface area contributed by atoms with E-state index in [-0.39, 0.29) is 16.8 Å². The molecule has 1 saturated carbocycles.